The van der Waals surface area contributed by atoms with Crippen molar-refractivity contribution in [3.8, 4) is 0 Å². The molecule has 4 nitrogen and oxygen atoms in total. The number of non-ortho nitro benzene ring substituents is 1. The lowest BCUT2D eigenvalue weighted by Gasteiger charge is -2.08. The molecule has 0 atom stereocenters. The highest BCUT2D eigenvalue weighted by atomic mass is 32.2. The fourth-order valence-corrected chi connectivity index (χ4v) is 2.25. The Hall–Kier alpha value is -1.36. The van der Waals surface area contributed by atoms with E-state index in [1.54, 1.807) is 6.07 Å². The highest BCUT2D eigenvalue weighted by molar-refractivity contribution is 8.00. The Bertz CT molecular complexity index is 429. The summed E-state index contributed by atoms with van der Waals surface area (Å²) in [6.07, 6.45) is 0. The maximum absolute atomic E-state index is 11.4. The van der Waals surface area contributed by atoms with Gasteiger partial charge in [0, 0.05) is 27.8 Å². The number of nitro groups is 1. The maximum atomic E-state index is 11.4. The minimum atomic E-state index is -0.490. The van der Waals surface area contributed by atoms with Crippen LogP contribution in [0.25, 0.3) is 0 Å². The summed E-state index contributed by atoms with van der Waals surface area (Å²) in [5, 5.41) is 10.9. The average Bonchev–Trinajstić information content (AvgIpc) is 2.16. The molecular formula is C11H13NO3S. The van der Waals surface area contributed by atoms with Crippen molar-refractivity contribution in [2.45, 2.75) is 30.9 Å². The number of rotatable bonds is 4. The predicted molar refractivity (Wildman–Crippen MR) is 64.1 cm³/mol. The normalized spacial score (nSPS) is 10.5. The van der Waals surface area contributed by atoms with E-state index in [-0.39, 0.29) is 11.5 Å². The van der Waals surface area contributed by atoms with E-state index in [4.69, 9.17) is 0 Å². The largest absolute Gasteiger partial charge is 0.294 e. The molecule has 0 amide bonds. The van der Waals surface area contributed by atoms with Gasteiger partial charge in [0.2, 0.25) is 0 Å². The zero-order chi connectivity index (χ0) is 12.3. The Morgan fingerprint density at radius 3 is 2.50 bits per heavy atom. The molecule has 0 saturated heterocycles. The van der Waals surface area contributed by atoms with Gasteiger partial charge in [0.25, 0.3) is 5.69 Å². The summed E-state index contributed by atoms with van der Waals surface area (Å²) in [6, 6.07) is 4.41. The first kappa shape index (κ1) is 12.7. The third-order valence-electron chi connectivity index (χ3n) is 1.92. The minimum Gasteiger partial charge on any atom is -0.294 e. The molecule has 0 bridgehead atoms. The second-order valence-corrected chi connectivity index (χ2v) is 5.28. The van der Waals surface area contributed by atoms with Crippen LogP contribution in [-0.2, 0) is 0 Å². The van der Waals surface area contributed by atoms with Crippen LogP contribution in [0.5, 0.6) is 0 Å². The second kappa shape index (κ2) is 5.12. The van der Waals surface area contributed by atoms with Gasteiger partial charge in [-0.05, 0) is 13.0 Å². The summed E-state index contributed by atoms with van der Waals surface area (Å²) in [5.41, 5.74) is 0.381. The van der Waals surface area contributed by atoms with Gasteiger partial charge in [-0.2, -0.15) is 0 Å². The van der Waals surface area contributed by atoms with E-state index < -0.39 is 4.92 Å². The molecule has 1 aromatic carbocycles. The molecule has 5 heteroatoms. The third kappa shape index (κ3) is 3.06. The molecule has 0 saturated carbocycles. The van der Waals surface area contributed by atoms with E-state index in [2.05, 4.69) is 0 Å². The molecule has 0 aliphatic heterocycles. The number of nitrogens with zero attached hydrogens (tertiary/aromatic N) is 1. The molecule has 0 spiro atoms. The lowest BCUT2D eigenvalue weighted by molar-refractivity contribution is -0.384. The van der Waals surface area contributed by atoms with Crippen molar-refractivity contribution in [1.82, 2.24) is 0 Å². The van der Waals surface area contributed by atoms with Crippen LogP contribution in [0.3, 0.4) is 0 Å². The van der Waals surface area contributed by atoms with E-state index in [1.807, 2.05) is 13.8 Å². The Morgan fingerprint density at radius 1 is 1.44 bits per heavy atom. The smallest absolute Gasteiger partial charge is 0.270 e. The second-order valence-electron chi connectivity index (χ2n) is 3.66. The lowest BCUT2D eigenvalue weighted by Crippen LogP contribution is -1.99. The summed E-state index contributed by atoms with van der Waals surface area (Å²) in [7, 11) is 0. The van der Waals surface area contributed by atoms with Crippen molar-refractivity contribution in [2.75, 3.05) is 0 Å². The summed E-state index contributed by atoms with van der Waals surface area (Å²) in [5.74, 6) is -0.146. The molecule has 0 radical (unpaired) electrons. The number of ketones is 1. The monoisotopic (exact) mass is 239 g/mol. The molecule has 0 aromatic heterocycles. The number of carbonyl (C=O) groups excluding carboxylic acids is 1. The Balaban J connectivity index is 3.19. The van der Waals surface area contributed by atoms with Gasteiger partial charge in [0.15, 0.2) is 5.78 Å². The van der Waals surface area contributed by atoms with Gasteiger partial charge in [0.05, 0.1) is 4.92 Å². The Kier molecular flexibility index (Phi) is 4.06. The van der Waals surface area contributed by atoms with Crippen LogP contribution in [0.2, 0.25) is 0 Å². The van der Waals surface area contributed by atoms with Gasteiger partial charge in [0.1, 0.15) is 0 Å². The quantitative estimate of drug-likeness (QED) is 0.350. The number of Topliss-reactive ketones (excluding diaryl/α,β-unsaturated/α-hetero) is 1. The van der Waals surface area contributed by atoms with Gasteiger partial charge < -0.3 is 0 Å². The third-order valence-corrected chi connectivity index (χ3v) is 3.00. The first-order valence-electron chi connectivity index (χ1n) is 4.88. The van der Waals surface area contributed by atoms with Crippen LogP contribution in [0.15, 0.2) is 23.1 Å². The molecule has 1 aromatic rings. The van der Waals surface area contributed by atoms with Crippen LogP contribution in [0.1, 0.15) is 31.1 Å². The van der Waals surface area contributed by atoms with Crippen molar-refractivity contribution in [3.05, 3.63) is 33.9 Å². The van der Waals surface area contributed by atoms with Crippen LogP contribution in [0, 0.1) is 10.1 Å². The zero-order valence-corrected chi connectivity index (χ0v) is 10.2. The topological polar surface area (TPSA) is 60.2 Å². The van der Waals surface area contributed by atoms with E-state index in [1.165, 1.54) is 30.8 Å². The summed E-state index contributed by atoms with van der Waals surface area (Å²) in [4.78, 5) is 22.3. The van der Waals surface area contributed by atoms with Crippen molar-refractivity contribution < 1.29 is 9.72 Å². The van der Waals surface area contributed by atoms with E-state index in [0.29, 0.717) is 10.8 Å². The van der Waals surface area contributed by atoms with Crippen molar-refractivity contribution in [1.29, 1.82) is 0 Å². The van der Waals surface area contributed by atoms with Crippen molar-refractivity contribution in [2.24, 2.45) is 0 Å². The SMILES string of the molecule is CC(=O)c1cc([N+](=O)[O-])ccc1SC(C)C. The molecule has 16 heavy (non-hydrogen) atoms. The minimum absolute atomic E-state index is 0.0432. The molecular weight excluding hydrogens is 226 g/mol. The molecule has 0 aliphatic carbocycles. The average molecular weight is 239 g/mol. The summed E-state index contributed by atoms with van der Waals surface area (Å²) < 4.78 is 0. The highest BCUT2D eigenvalue weighted by Crippen LogP contribution is 2.29. The number of carbonyl (C=O) groups is 1. The van der Waals surface area contributed by atoms with E-state index in [9.17, 15) is 14.9 Å². The summed E-state index contributed by atoms with van der Waals surface area (Å²) >= 11 is 1.53. The Morgan fingerprint density at radius 2 is 2.06 bits per heavy atom. The lowest BCUT2D eigenvalue weighted by atomic mass is 10.1. The van der Waals surface area contributed by atoms with Gasteiger partial charge in [-0.3, -0.25) is 14.9 Å². The number of benzene rings is 1. The maximum Gasteiger partial charge on any atom is 0.270 e. The number of hydrogen-bond donors (Lipinski definition) is 0. The Labute approximate surface area is 98.2 Å². The number of thioether (sulfide) groups is 1. The number of hydrogen-bond acceptors (Lipinski definition) is 4. The number of nitro benzene ring substituents is 1. The van der Waals surface area contributed by atoms with Crippen molar-refractivity contribution >= 4 is 23.2 Å². The molecule has 86 valence electrons. The van der Waals surface area contributed by atoms with E-state index >= 15 is 0 Å². The standard InChI is InChI=1S/C11H13NO3S/c1-7(2)16-11-5-4-9(12(14)15)6-10(11)8(3)13/h4-7H,1-3H3. The predicted octanol–water partition coefficient (Wildman–Crippen LogP) is 3.30. The first-order chi connectivity index (χ1) is 7.41. The van der Waals surface area contributed by atoms with Crippen LogP contribution in [0.4, 0.5) is 5.69 Å². The molecule has 1 rings (SSSR count). The van der Waals surface area contributed by atoms with Gasteiger partial charge in [-0.25, -0.2) is 0 Å². The molecule has 0 N–H and O–H groups in total. The first-order valence-corrected chi connectivity index (χ1v) is 5.76. The van der Waals surface area contributed by atoms with Gasteiger partial charge in [-0.1, -0.05) is 13.8 Å². The zero-order valence-electron chi connectivity index (χ0n) is 9.39. The molecule has 0 aliphatic rings. The van der Waals surface area contributed by atoms with E-state index in [0.717, 1.165) is 4.90 Å². The van der Waals surface area contributed by atoms with Gasteiger partial charge in [-0.15, -0.1) is 11.8 Å². The summed E-state index contributed by atoms with van der Waals surface area (Å²) in [6.45, 7) is 5.44. The molecule has 0 fully saturated rings. The van der Waals surface area contributed by atoms with Crippen molar-refractivity contribution in [3.63, 3.8) is 0 Å². The van der Waals surface area contributed by atoms with Crippen LogP contribution < -0.4 is 0 Å². The molecule has 0 unspecified atom stereocenters. The van der Waals surface area contributed by atoms with Crippen LogP contribution in [-0.4, -0.2) is 16.0 Å². The van der Waals surface area contributed by atoms with Crippen LogP contribution >= 0.6 is 11.8 Å². The molecule has 0 heterocycles. The fourth-order valence-electron chi connectivity index (χ4n) is 1.26. The highest BCUT2D eigenvalue weighted by Gasteiger charge is 2.14. The fraction of sp³-hybridized carbons (Fsp3) is 0.364. The van der Waals surface area contributed by atoms with Gasteiger partial charge >= 0.3 is 0 Å².